The van der Waals surface area contributed by atoms with Crippen molar-refractivity contribution in [2.24, 2.45) is 0 Å². The summed E-state index contributed by atoms with van der Waals surface area (Å²) in [6.45, 7) is 2.60. The normalized spacial score (nSPS) is 10.6. The molecule has 11 heteroatoms. The molecule has 0 saturated carbocycles. The average molecular weight is 437 g/mol. The number of hydrogen-bond acceptors (Lipinski definition) is 10. The van der Waals surface area contributed by atoms with E-state index in [9.17, 15) is 0 Å². The van der Waals surface area contributed by atoms with Crippen molar-refractivity contribution < 1.29 is 18.7 Å². The van der Waals surface area contributed by atoms with Crippen LogP contribution in [-0.4, -0.2) is 39.5 Å². The SMILES string of the molecule is COc1cc(COc2cc(Nc3ccnc(NCc4cc(C)on4)n3)[nH]n2)cc(OC)c1. The second kappa shape index (κ2) is 9.69. The number of anilines is 3. The summed E-state index contributed by atoms with van der Waals surface area (Å²) >= 11 is 0. The van der Waals surface area contributed by atoms with E-state index in [1.807, 2.05) is 25.1 Å². The van der Waals surface area contributed by atoms with Crippen LogP contribution in [-0.2, 0) is 13.2 Å². The van der Waals surface area contributed by atoms with Crippen LogP contribution in [0.5, 0.6) is 17.4 Å². The van der Waals surface area contributed by atoms with Gasteiger partial charge < -0.3 is 29.4 Å². The van der Waals surface area contributed by atoms with Gasteiger partial charge in [-0.25, -0.2) is 4.98 Å². The Morgan fingerprint density at radius 2 is 1.88 bits per heavy atom. The summed E-state index contributed by atoms with van der Waals surface area (Å²) in [6, 6.07) is 10.9. The highest BCUT2D eigenvalue weighted by atomic mass is 16.5. The maximum absolute atomic E-state index is 5.77. The Morgan fingerprint density at radius 3 is 2.59 bits per heavy atom. The van der Waals surface area contributed by atoms with Crippen molar-refractivity contribution in [1.82, 2.24) is 25.3 Å². The fourth-order valence-electron chi connectivity index (χ4n) is 2.87. The van der Waals surface area contributed by atoms with Gasteiger partial charge >= 0.3 is 0 Å². The third kappa shape index (κ3) is 5.45. The summed E-state index contributed by atoms with van der Waals surface area (Å²) in [4.78, 5) is 8.63. The van der Waals surface area contributed by atoms with Crippen molar-refractivity contribution in [2.45, 2.75) is 20.1 Å². The molecule has 0 unspecified atom stereocenters. The zero-order valence-electron chi connectivity index (χ0n) is 17.9. The molecular formula is C21H23N7O4. The van der Waals surface area contributed by atoms with Gasteiger partial charge in [-0.15, -0.1) is 5.10 Å². The maximum Gasteiger partial charge on any atom is 0.235 e. The predicted octanol–water partition coefficient (Wildman–Crippen LogP) is 3.45. The van der Waals surface area contributed by atoms with Crippen LogP contribution in [0.1, 0.15) is 17.0 Å². The minimum absolute atomic E-state index is 0.306. The minimum atomic E-state index is 0.306. The highest BCUT2D eigenvalue weighted by Crippen LogP contribution is 2.24. The number of aromatic nitrogens is 5. The third-order valence-corrected chi connectivity index (χ3v) is 4.38. The minimum Gasteiger partial charge on any atom is -0.497 e. The van der Waals surface area contributed by atoms with Crippen LogP contribution in [0.2, 0.25) is 0 Å². The van der Waals surface area contributed by atoms with Gasteiger partial charge in [-0.2, -0.15) is 4.98 Å². The Bertz CT molecular complexity index is 1150. The molecule has 0 aliphatic rings. The van der Waals surface area contributed by atoms with E-state index in [-0.39, 0.29) is 0 Å². The predicted molar refractivity (Wildman–Crippen MR) is 116 cm³/mol. The van der Waals surface area contributed by atoms with Gasteiger partial charge in [0.25, 0.3) is 0 Å². The van der Waals surface area contributed by atoms with E-state index in [1.54, 1.807) is 38.6 Å². The second-order valence-electron chi connectivity index (χ2n) is 6.80. The zero-order valence-corrected chi connectivity index (χ0v) is 17.9. The number of nitrogens with one attached hydrogen (secondary N) is 3. The van der Waals surface area contributed by atoms with E-state index in [0.29, 0.717) is 48.1 Å². The molecule has 166 valence electrons. The van der Waals surface area contributed by atoms with Crippen molar-refractivity contribution >= 4 is 17.6 Å². The van der Waals surface area contributed by atoms with Crippen molar-refractivity contribution in [3.63, 3.8) is 0 Å². The lowest BCUT2D eigenvalue weighted by molar-refractivity contribution is 0.291. The standard InChI is InChI=1S/C21H23N7O4/c1-13-6-15(28-32-13)11-23-21-22-5-4-18(25-21)24-19-10-20(27-26-19)31-12-14-7-16(29-2)9-17(8-14)30-3/h4-10H,11-12H2,1-3H3,(H3,22,23,24,25,26,27). The van der Waals surface area contributed by atoms with Crippen LogP contribution in [0.25, 0.3) is 0 Å². The Hall–Kier alpha value is -4.28. The number of nitrogens with zero attached hydrogens (tertiary/aromatic N) is 4. The smallest absolute Gasteiger partial charge is 0.235 e. The first-order valence-electron chi connectivity index (χ1n) is 9.77. The van der Waals surface area contributed by atoms with Gasteiger partial charge in [-0.1, -0.05) is 5.16 Å². The molecule has 0 spiro atoms. The second-order valence-corrected chi connectivity index (χ2v) is 6.80. The highest BCUT2D eigenvalue weighted by molar-refractivity contribution is 5.53. The van der Waals surface area contributed by atoms with Crippen LogP contribution in [0.3, 0.4) is 0 Å². The molecule has 0 aliphatic heterocycles. The number of aromatic amines is 1. The number of benzene rings is 1. The molecule has 3 aromatic heterocycles. The maximum atomic E-state index is 5.77. The number of methoxy groups -OCH3 is 2. The molecule has 0 radical (unpaired) electrons. The van der Waals surface area contributed by atoms with Crippen molar-refractivity contribution in [1.29, 1.82) is 0 Å². The van der Waals surface area contributed by atoms with Crippen molar-refractivity contribution in [2.75, 3.05) is 24.9 Å². The van der Waals surface area contributed by atoms with Gasteiger partial charge in [0.15, 0.2) is 0 Å². The van der Waals surface area contributed by atoms with E-state index in [4.69, 9.17) is 18.7 Å². The summed E-state index contributed by atoms with van der Waals surface area (Å²) in [5.41, 5.74) is 1.67. The van der Waals surface area contributed by atoms with Gasteiger partial charge in [0.2, 0.25) is 11.8 Å². The van der Waals surface area contributed by atoms with Gasteiger partial charge in [0.1, 0.15) is 41.2 Å². The molecule has 1 aromatic carbocycles. The Kier molecular flexibility index (Phi) is 6.35. The molecule has 3 N–H and O–H groups in total. The average Bonchev–Trinajstić information content (AvgIpc) is 3.44. The summed E-state index contributed by atoms with van der Waals surface area (Å²) < 4.78 is 21.4. The summed E-state index contributed by atoms with van der Waals surface area (Å²) in [7, 11) is 3.21. The number of hydrogen-bond donors (Lipinski definition) is 3. The van der Waals surface area contributed by atoms with E-state index in [1.165, 1.54) is 0 Å². The van der Waals surface area contributed by atoms with Gasteiger partial charge in [0.05, 0.1) is 20.8 Å². The number of ether oxygens (including phenoxy) is 3. The van der Waals surface area contributed by atoms with Gasteiger partial charge in [-0.05, 0) is 30.7 Å². The molecule has 0 saturated heterocycles. The van der Waals surface area contributed by atoms with Crippen LogP contribution in [0.4, 0.5) is 17.6 Å². The number of rotatable bonds is 10. The molecule has 4 aromatic rings. The van der Waals surface area contributed by atoms with Crippen molar-refractivity contribution in [3.8, 4) is 17.4 Å². The van der Waals surface area contributed by atoms with E-state index < -0.39 is 0 Å². The molecule has 3 heterocycles. The molecule has 32 heavy (non-hydrogen) atoms. The topological polar surface area (TPSA) is 132 Å². The Morgan fingerprint density at radius 1 is 1.06 bits per heavy atom. The molecule has 0 aliphatic carbocycles. The first kappa shape index (κ1) is 21.0. The van der Waals surface area contributed by atoms with E-state index in [2.05, 4.69) is 36.0 Å². The van der Waals surface area contributed by atoms with E-state index in [0.717, 1.165) is 17.0 Å². The highest BCUT2D eigenvalue weighted by Gasteiger charge is 2.08. The monoisotopic (exact) mass is 437 g/mol. The molecule has 11 nitrogen and oxygen atoms in total. The van der Waals surface area contributed by atoms with Crippen molar-refractivity contribution in [3.05, 3.63) is 59.6 Å². The zero-order chi connectivity index (χ0) is 22.3. The van der Waals surface area contributed by atoms with Crippen LogP contribution in [0.15, 0.2) is 47.1 Å². The Labute approximate surface area is 184 Å². The summed E-state index contributed by atoms with van der Waals surface area (Å²) in [5.74, 6) is 4.24. The number of aryl methyl sites for hydroxylation is 1. The first-order valence-corrected chi connectivity index (χ1v) is 9.77. The molecule has 0 amide bonds. The molecule has 0 bridgehead atoms. The number of H-pyrrole nitrogens is 1. The summed E-state index contributed by atoms with van der Waals surface area (Å²) in [5, 5.41) is 17.2. The lowest BCUT2D eigenvalue weighted by Crippen LogP contribution is -2.05. The van der Waals surface area contributed by atoms with Crippen LogP contribution < -0.4 is 24.8 Å². The molecule has 4 rings (SSSR count). The Balaban J connectivity index is 1.34. The van der Waals surface area contributed by atoms with Gasteiger partial charge in [0, 0.05) is 24.4 Å². The van der Waals surface area contributed by atoms with E-state index >= 15 is 0 Å². The fourth-order valence-corrected chi connectivity index (χ4v) is 2.87. The van der Waals surface area contributed by atoms with Crippen LogP contribution >= 0.6 is 0 Å². The molecular weight excluding hydrogens is 414 g/mol. The summed E-state index contributed by atoms with van der Waals surface area (Å²) in [6.07, 6.45) is 1.65. The fraction of sp³-hybridized carbons (Fsp3) is 0.238. The lowest BCUT2D eigenvalue weighted by Gasteiger charge is -2.08. The lowest BCUT2D eigenvalue weighted by atomic mass is 10.2. The first-order chi connectivity index (χ1) is 15.6. The largest absolute Gasteiger partial charge is 0.497 e. The third-order valence-electron chi connectivity index (χ3n) is 4.38. The van der Waals surface area contributed by atoms with Crippen LogP contribution in [0, 0.1) is 6.92 Å². The quantitative estimate of drug-likeness (QED) is 0.339. The molecule has 0 atom stereocenters. The van der Waals surface area contributed by atoms with Gasteiger partial charge in [-0.3, -0.25) is 5.10 Å². The molecule has 0 fully saturated rings.